The van der Waals surface area contributed by atoms with Gasteiger partial charge in [-0.1, -0.05) is 31.2 Å². The van der Waals surface area contributed by atoms with Gasteiger partial charge >= 0.3 is 0 Å². The number of amides is 3. The van der Waals surface area contributed by atoms with Gasteiger partial charge in [-0.15, -0.1) is 11.3 Å². The van der Waals surface area contributed by atoms with Gasteiger partial charge in [0.25, 0.3) is 5.91 Å². The lowest BCUT2D eigenvalue weighted by atomic mass is 9.95. The van der Waals surface area contributed by atoms with E-state index in [-0.39, 0.29) is 31.4 Å². The van der Waals surface area contributed by atoms with Crippen LogP contribution in [-0.2, 0) is 41.8 Å². The van der Waals surface area contributed by atoms with Gasteiger partial charge in [0, 0.05) is 36.9 Å². The molecule has 11 heteroatoms. The predicted molar refractivity (Wildman–Crippen MR) is 163 cm³/mol. The molecule has 1 aromatic heterocycles. The summed E-state index contributed by atoms with van der Waals surface area (Å²) >= 11 is 1.34. The number of benzene rings is 2. The summed E-state index contributed by atoms with van der Waals surface area (Å²) in [5.41, 5.74) is 9.34. The van der Waals surface area contributed by atoms with Crippen molar-refractivity contribution in [2.24, 2.45) is 5.73 Å². The number of halogens is 2. The zero-order valence-corrected chi connectivity index (χ0v) is 25.0. The Hall–Kier alpha value is -3.67. The highest BCUT2D eigenvalue weighted by molar-refractivity contribution is 7.17. The van der Waals surface area contributed by atoms with Crippen LogP contribution >= 0.6 is 11.3 Å². The van der Waals surface area contributed by atoms with Crippen molar-refractivity contribution in [2.75, 3.05) is 11.9 Å². The van der Waals surface area contributed by atoms with Crippen LogP contribution in [0, 0.1) is 11.6 Å². The van der Waals surface area contributed by atoms with E-state index in [1.165, 1.54) is 16.9 Å². The molecule has 0 saturated heterocycles. The second-order valence-electron chi connectivity index (χ2n) is 10.9. The van der Waals surface area contributed by atoms with Crippen LogP contribution in [0.25, 0.3) is 0 Å². The fourth-order valence-electron chi connectivity index (χ4n) is 5.34. The molecule has 1 aliphatic carbocycles. The van der Waals surface area contributed by atoms with Crippen molar-refractivity contribution in [1.82, 2.24) is 10.6 Å². The lowest BCUT2D eigenvalue weighted by Gasteiger charge is -2.25. The first-order valence-corrected chi connectivity index (χ1v) is 15.4. The Balaban J connectivity index is 1.36. The second kappa shape index (κ2) is 15.2. The predicted octanol–water partition coefficient (Wildman–Crippen LogP) is 4.16. The third kappa shape index (κ3) is 9.16. The van der Waals surface area contributed by atoms with Gasteiger partial charge in [0.1, 0.15) is 16.6 Å². The number of hydrogen-bond acceptors (Lipinski definition) is 6. The Morgan fingerprint density at radius 2 is 1.67 bits per heavy atom. The van der Waals surface area contributed by atoms with Gasteiger partial charge in [0.2, 0.25) is 11.8 Å². The molecule has 3 aromatic rings. The Labute approximate surface area is 254 Å². The molecule has 8 nitrogen and oxygen atoms in total. The summed E-state index contributed by atoms with van der Waals surface area (Å²) in [5.74, 6) is -3.06. The number of nitrogens with two attached hydrogens (primary N) is 1. The van der Waals surface area contributed by atoms with Gasteiger partial charge in [-0.2, -0.15) is 0 Å². The first kappa shape index (κ1) is 32.2. The summed E-state index contributed by atoms with van der Waals surface area (Å²) in [6, 6.07) is 10.2. The van der Waals surface area contributed by atoms with E-state index in [0.29, 0.717) is 17.1 Å². The van der Waals surface area contributed by atoms with Crippen LogP contribution in [0.2, 0.25) is 0 Å². The van der Waals surface area contributed by atoms with Gasteiger partial charge in [-0.25, -0.2) is 8.78 Å². The number of thiophene rings is 1. The van der Waals surface area contributed by atoms with Gasteiger partial charge in [0.15, 0.2) is 0 Å². The van der Waals surface area contributed by atoms with Crippen molar-refractivity contribution < 1.29 is 28.3 Å². The molecular weight excluding hydrogens is 574 g/mol. The van der Waals surface area contributed by atoms with Crippen molar-refractivity contribution >= 4 is 34.1 Å². The molecule has 0 radical (unpaired) electrons. The summed E-state index contributed by atoms with van der Waals surface area (Å²) in [7, 11) is 0. The van der Waals surface area contributed by atoms with E-state index >= 15 is 0 Å². The summed E-state index contributed by atoms with van der Waals surface area (Å²) < 4.78 is 27.7. The fourth-order valence-corrected chi connectivity index (χ4v) is 6.65. The highest BCUT2D eigenvalue weighted by atomic mass is 32.1. The zero-order chi connectivity index (χ0) is 30.9. The van der Waals surface area contributed by atoms with E-state index in [9.17, 15) is 28.3 Å². The quantitative estimate of drug-likeness (QED) is 0.187. The zero-order valence-electron chi connectivity index (χ0n) is 24.2. The summed E-state index contributed by atoms with van der Waals surface area (Å²) in [5, 5.41) is 20.0. The average molecular weight is 613 g/mol. The normalized spacial score (nSPS) is 14.0. The number of fused-ring (bicyclic) bond motifs is 1. The summed E-state index contributed by atoms with van der Waals surface area (Å²) in [4.78, 5) is 38.8. The van der Waals surface area contributed by atoms with Crippen molar-refractivity contribution in [1.29, 1.82) is 0 Å². The monoisotopic (exact) mass is 612 g/mol. The maximum Gasteiger partial charge on any atom is 0.251 e. The van der Waals surface area contributed by atoms with Crippen molar-refractivity contribution in [3.63, 3.8) is 0 Å². The van der Waals surface area contributed by atoms with Crippen LogP contribution in [0.1, 0.15) is 70.1 Å². The number of aryl methyl sites for hydroxylation is 2. The smallest absolute Gasteiger partial charge is 0.251 e. The molecule has 0 unspecified atom stereocenters. The third-order valence-electron chi connectivity index (χ3n) is 7.52. The Morgan fingerprint density at radius 3 is 2.40 bits per heavy atom. The van der Waals surface area contributed by atoms with Gasteiger partial charge in [-0.3, -0.25) is 14.4 Å². The number of primary amides is 1. The largest absolute Gasteiger partial charge is 0.390 e. The first-order valence-electron chi connectivity index (χ1n) is 14.6. The lowest BCUT2D eigenvalue weighted by molar-refractivity contribution is -0.125. The molecule has 4 rings (SSSR count). The SMILES string of the molecule is CCc1cccc(CNC[C@@H](O)[C@H](Cc2cc(F)cc(F)c2)NC(=O)CCC(=O)Nc2sc3c(c2C(N)=O)CCCC3)c1. The van der Waals surface area contributed by atoms with Crippen LogP contribution < -0.4 is 21.7 Å². The molecule has 0 spiro atoms. The van der Waals surface area contributed by atoms with Crippen molar-refractivity contribution in [3.8, 4) is 0 Å². The molecule has 1 aliphatic rings. The highest BCUT2D eigenvalue weighted by Gasteiger charge is 2.26. The number of anilines is 1. The van der Waals surface area contributed by atoms with Crippen LogP contribution in [-0.4, -0.2) is 41.5 Å². The van der Waals surface area contributed by atoms with Crippen LogP contribution in [0.15, 0.2) is 42.5 Å². The first-order chi connectivity index (χ1) is 20.6. The minimum Gasteiger partial charge on any atom is -0.390 e. The maximum atomic E-state index is 13.9. The molecule has 6 N–H and O–H groups in total. The number of aliphatic hydroxyl groups is 1. The maximum absolute atomic E-state index is 13.9. The van der Waals surface area contributed by atoms with Gasteiger partial charge < -0.3 is 26.8 Å². The van der Waals surface area contributed by atoms with E-state index in [0.717, 1.165) is 66.3 Å². The van der Waals surface area contributed by atoms with Crippen LogP contribution in [0.5, 0.6) is 0 Å². The highest BCUT2D eigenvalue weighted by Crippen LogP contribution is 2.38. The molecule has 2 atom stereocenters. The standard InChI is InChI=1S/C32H38F2N4O4S/c1-2-19-6-5-7-20(12-19)17-36-18-26(39)25(15-21-13-22(33)16-23(34)14-21)37-28(40)10-11-29(41)38-32-30(31(35)42)24-8-3-4-9-27(24)43-32/h5-7,12-14,16,25-26,36,39H,2-4,8-11,15,17-18H2,1H3,(H2,35,42)(H,37,40)(H,38,41)/t25-,26+/m0/s1. The topological polar surface area (TPSA) is 134 Å². The van der Waals surface area contributed by atoms with Gasteiger partial charge in [-0.05, 0) is 72.9 Å². The molecule has 230 valence electrons. The average Bonchev–Trinajstić information content (AvgIpc) is 3.33. The minimum absolute atomic E-state index is 0.0243. The number of aliphatic hydroxyl groups excluding tert-OH is 1. The van der Waals surface area contributed by atoms with Crippen LogP contribution in [0.4, 0.5) is 13.8 Å². The van der Waals surface area contributed by atoms with E-state index in [2.05, 4.69) is 28.9 Å². The summed E-state index contributed by atoms with van der Waals surface area (Å²) in [6.45, 7) is 2.66. The Kier molecular flexibility index (Phi) is 11.4. The summed E-state index contributed by atoms with van der Waals surface area (Å²) in [6.07, 6.45) is 2.95. The van der Waals surface area contributed by atoms with Crippen LogP contribution in [0.3, 0.4) is 0 Å². The number of carbonyl (C=O) groups is 3. The van der Waals surface area contributed by atoms with E-state index < -0.39 is 41.5 Å². The molecule has 0 fully saturated rings. The molecule has 0 saturated carbocycles. The number of hydrogen-bond donors (Lipinski definition) is 5. The van der Waals surface area contributed by atoms with E-state index in [4.69, 9.17) is 5.73 Å². The molecule has 1 heterocycles. The van der Waals surface area contributed by atoms with E-state index in [1.54, 1.807) is 0 Å². The number of nitrogens with one attached hydrogen (secondary N) is 3. The molecule has 43 heavy (non-hydrogen) atoms. The number of carbonyl (C=O) groups excluding carboxylic acids is 3. The molecule has 2 aromatic carbocycles. The second-order valence-corrected chi connectivity index (χ2v) is 12.0. The third-order valence-corrected chi connectivity index (χ3v) is 8.73. The minimum atomic E-state index is -1.09. The number of rotatable bonds is 14. The van der Waals surface area contributed by atoms with Crippen molar-refractivity contribution in [3.05, 3.63) is 86.8 Å². The molecule has 3 amide bonds. The van der Waals surface area contributed by atoms with Gasteiger partial charge in [0.05, 0.1) is 17.7 Å². The van der Waals surface area contributed by atoms with Crippen molar-refractivity contribution in [2.45, 2.75) is 77.0 Å². The Bertz CT molecular complexity index is 1440. The molecule has 0 aliphatic heterocycles. The Morgan fingerprint density at radius 1 is 0.977 bits per heavy atom. The molecular formula is C32H38F2N4O4S. The lowest BCUT2D eigenvalue weighted by Crippen LogP contribution is -2.48. The van der Waals surface area contributed by atoms with E-state index in [1.807, 2.05) is 18.2 Å². The molecule has 0 bridgehead atoms. The fraction of sp³-hybridized carbons (Fsp3) is 0.406.